The molecule has 0 bridgehead atoms. The maximum absolute atomic E-state index is 12.2. The van der Waals surface area contributed by atoms with Gasteiger partial charge >= 0.3 is 5.97 Å². The summed E-state index contributed by atoms with van der Waals surface area (Å²) >= 11 is 0. The van der Waals surface area contributed by atoms with Crippen molar-refractivity contribution in [1.82, 2.24) is 5.32 Å². The van der Waals surface area contributed by atoms with E-state index in [0.717, 1.165) is 6.08 Å². The molecule has 10 nitrogen and oxygen atoms in total. The maximum Gasteiger partial charge on any atom is 0.330 e. The van der Waals surface area contributed by atoms with Gasteiger partial charge in [-0.15, -0.1) is 5.11 Å². The Bertz CT molecular complexity index is 1400. The molecule has 0 aromatic heterocycles. The largest absolute Gasteiger partial charge is 0.461 e. The summed E-state index contributed by atoms with van der Waals surface area (Å²) in [4.78, 5) is 26.7. The van der Waals surface area contributed by atoms with Crippen molar-refractivity contribution in [3.05, 3.63) is 72.8 Å². The Labute approximate surface area is 195 Å². The number of rotatable bonds is 9. The van der Waals surface area contributed by atoms with Crippen LogP contribution in [-0.2, 0) is 19.6 Å². The fraction of sp³-hybridized carbons (Fsp3) is 0.0870. The summed E-state index contributed by atoms with van der Waals surface area (Å²) in [6.45, 7) is 6.95. The highest BCUT2D eigenvalue weighted by atomic mass is 32.2. The van der Waals surface area contributed by atoms with Crippen molar-refractivity contribution >= 4 is 56.5 Å². The molecule has 0 aliphatic heterocycles. The third kappa shape index (κ3) is 5.97. The zero-order valence-corrected chi connectivity index (χ0v) is 18.7. The number of amides is 1. The molecule has 0 radical (unpaired) electrons. The van der Waals surface area contributed by atoms with Crippen LogP contribution >= 0.6 is 0 Å². The molecule has 0 fully saturated rings. The van der Waals surface area contributed by atoms with Crippen LogP contribution in [0.1, 0.15) is 10.4 Å². The number of ether oxygens (including phenoxy) is 1. The van der Waals surface area contributed by atoms with Gasteiger partial charge in [0.1, 0.15) is 6.61 Å². The highest BCUT2D eigenvalue weighted by Gasteiger charge is 2.13. The number of esters is 1. The Morgan fingerprint density at radius 3 is 2.35 bits per heavy atom. The number of fused-ring (bicyclic) bond motifs is 1. The van der Waals surface area contributed by atoms with Crippen molar-refractivity contribution in [3.63, 3.8) is 0 Å². The molecule has 3 aromatic carbocycles. The Morgan fingerprint density at radius 2 is 1.71 bits per heavy atom. The quantitative estimate of drug-likeness (QED) is 0.117. The van der Waals surface area contributed by atoms with Gasteiger partial charge in [-0.2, -0.15) is 13.5 Å². The summed E-state index contributed by atoms with van der Waals surface area (Å²) < 4.78 is 37.1. The number of nitrogens with zero attached hydrogens (tertiary/aromatic N) is 3. The summed E-state index contributed by atoms with van der Waals surface area (Å²) in [5.41, 5.74) is 1.73. The topological polar surface area (TPSA) is 147 Å². The van der Waals surface area contributed by atoms with E-state index in [0.29, 0.717) is 33.4 Å². The molecule has 0 aliphatic rings. The molecule has 2 N–H and O–H groups in total. The number of nitrogens with one attached hydrogen (secondary N) is 1. The van der Waals surface area contributed by atoms with Gasteiger partial charge in [0.15, 0.2) is 0 Å². The van der Waals surface area contributed by atoms with Gasteiger partial charge < -0.3 is 10.1 Å². The molecule has 34 heavy (non-hydrogen) atoms. The van der Waals surface area contributed by atoms with E-state index in [1.807, 2.05) is 0 Å². The number of hydrogen-bond acceptors (Lipinski definition) is 8. The van der Waals surface area contributed by atoms with Gasteiger partial charge in [0.05, 0.1) is 28.5 Å². The van der Waals surface area contributed by atoms with Crippen molar-refractivity contribution < 1.29 is 27.3 Å². The van der Waals surface area contributed by atoms with Crippen molar-refractivity contribution in [2.75, 3.05) is 13.2 Å². The fourth-order valence-electron chi connectivity index (χ4n) is 2.95. The highest BCUT2D eigenvalue weighted by molar-refractivity contribution is 7.85. The van der Waals surface area contributed by atoms with Crippen LogP contribution in [-0.4, -0.2) is 44.7 Å². The summed E-state index contributed by atoms with van der Waals surface area (Å²) in [6.07, 6.45) is 1.04. The highest BCUT2D eigenvalue weighted by Crippen LogP contribution is 2.35. The van der Waals surface area contributed by atoms with Gasteiger partial charge in [0.2, 0.25) is 0 Å². The summed E-state index contributed by atoms with van der Waals surface area (Å²) in [7, 11) is -4.39. The van der Waals surface area contributed by atoms with Crippen molar-refractivity contribution in [3.8, 4) is 0 Å². The lowest BCUT2D eigenvalue weighted by atomic mass is 10.1. The number of azo groups is 1. The second kappa shape index (κ2) is 10.6. The van der Waals surface area contributed by atoms with E-state index in [9.17, 15) is 22.6 Å². The van der Waals surface area contributed by atoms with Crippen LogP contribution < -0.4 is 5.32 Å². The predicted molar refractivity (Wildman–Crippen MR) is 127 cm³/mol. The lowest BCUT2D eigenvalue weighted by molar-refractivity contribution is -0.137. The van der Waals surface area contributed by atoms with E-state index in [4.69, 9.17) is 4.74 Å². The monoisotopic (exact) mass is 480 g/mol. The second-order valence-corrected chi connectivity index (χ2v) is 8.24. The molecule has 3 rings (SSSR count). The van der Waals surface area contributed by atoms with Gasteiger partial charge in [-0.05, 0) is 55.2 Å². The van der Waals surface area contributed by atoms with Gasteiger partial charge in [0.25, 0.3) is 16.0 Å². The normalized spacial score (nSPS) is 11.3. The van der Waals surface area contributed by atoms with Crippen LogP contribution in [0, 0.1) is 0 Å². The first-order valence-corrected chi connectivity index (χ1v) is 11.3. The van der Waals surface area contributed by atoms with Crippen LogP contribution in [0.4, 0.5) is 17.1 Å². The van der Waals surface area contributed by atoms with E-state index >= 15 is 0 Å². The predicted octanol–water partition coefficient (Wildman–Crippen LogP) is 4.29. The smallest absolute Gasteiger partial charge is 0.330 e. The molecule has 0 spiro atoms. The first-order valence-electron chi connectivity index (χ1n) is 9.83. The van der Waals surface area contributed by atoms with Crippen LogP contribution in [0.2, 0.25) is 0 Å². The molecular weight excluding hydrogens is 460 g/mol. The van der Waals surface area contributed by atoms with Gasteiger partial charge in [-0.3, -0.25) is 14.3 Å². The average molecular weight is 481 g/mol. The van der Waals surface area contributed by atoms with E-state index in [1.165, 1.54) is 18.2 Å². The number of hydrogen-bond donors (Lipinski definition) is 2. The molecule has 0 atom stereocenters. The molecular formula is C23H20N4O6S. The molecule has 174 valence electrons. The molecule has 11 heteroatoms. The SMILES string of the molecule is C=CC(=O)OCCNC(=O)c1ccc(N=Nc2ccc(N=C)c3cc(S(=O)(=O)O)ccc23)cc1. The van der Waals surface area contributed by atoms with Crippen LogP contribution in [0.3, 0.4) is 0 Å². The number of carbonyl (C=O) groups is 2. The molecule has 0 saturated carbocycles. The van der Waals surface area contributed by atoms with Gasteiger partial charge in [-0.25, -0.2) is 4.79 Å². The molecule has 1 amide bonds. The Morgan fingerprint density at radius 1 is 1.00 bits per heavy atom. The third-order valence-electron chi connectivity index (χ3n) is 4.61. The fourth-order valence-corrected chi connectivity index (χ4v) is 3.46. The van der Waals surface area contributed by atoms with Crippen LogP contribution in [0.15, 0.2) is 87.4 Å². The Hall–Kier alpha value is -4.22. The number of carbonyl (C=O) groups excluding carboxylic acids is 2. The van der Waals surface area contributed by atoms with Crippen molar-refractivity contribution in [1.29, 1.82) is 0 Å². The molecule has 0 saturated heterocycles. The van der Waals surface area contributed by atoms with Gasteiger partial charge in [-0.1, -0.05) is 12.6 Å². The minimum atomic E-state index is -4.39. The summed E-state index contributed by atoms with van der Waals surface area (Å²) in [5.74, 6) is -0.905. The van der Waals surface area contributed by atoms with E-state index < -0.39 is 16.1 Å². The van der Waals surface area contributed by atoms with E-state index in [-0.39, 0.29) is 24.0 Å². The molecule has 0 aliphatic carbocycles. The first-order chi connectivity index (χ1) is 16.2. The molecule has 3 aromatic rings. The van der Waals surface area contributed by atoms with E-state index in [2.05, 4.69) is 33.8 Å². The minimum Gasteiger partial charge on any atom is -0.461 e. The van der Waals surface area contributed by atoms with Crippen molar-refractivity contribution in [2.45, 2.75) is 4.90 Å². The molecule has 0 heterocycles. The lowest BCUT2D eigenvalue weighted by Crippen LogP contribution is -2.27. The zero-order valence-electron chi connectivity index (χ0n) is 17.8. The average Bonchev–Trinajstić information content (AvgIpc) is 2.84. The number of aliphatic imine (C=N–C) groups is 1. The standard InChI is InChI=1S/C23H20N4O6S/c1-3-22(28)33-13-12-25-23(29)15-4-6-16(7-5-15)26-27-21-11-10-20(24-2)19-14-17(34(30,31)32)8-9-18(19)21/h3-11,14H,1-2,12-13H2,(H,25,29)(H,30,31,32). The summed E-state index contributed by atoms with van der Waals surface area (Å²) in [5, 5.41) is 12.0. The minimum absolute atomic E-state index is 0.0305. The van der Waals surface area contributed by atoms with Gasteiger partial charge in [0, 0.05) is 22.4 Å². The van der Waals surface area contributed by atoms with Crippen molar-refractivity contribution in [2.24, 2.45) is 15.2 Å². The third-order valence-corrected chi connectivity index (χ3v) is 5.46. The number of benzene rings is 3. The summed E-state index contributed by atoms with van der Waals surface area (Å²) in [6, 6.07) is 13.7. The first kappa shape index (κ1) is 24.4. The zero-order chi connectivity index (χ0) is 24.7. The Kier molecular flexibility index (Phi) is 7.61. The van der Waals surface area contributed by atoms with Crippen LogP contribution in [0.25, 0.3) is 10.8 Å². The second-order valence-electron chi connectivity index (χ2n) is 6.82. The maximum atomic E-state index is 12.2. The van der Waals surface area contributed by atoms with E-state index in [1.54, 1.807) is 36.4 Å². The molecule has 0 unspecified atom stereocenters. The Balaban J connectivity index is 1.76. The van der Waals surface area contributed by atoms with Crippen LogP contribution in [0.5, 0.6) is 0 Å². The lowest BCUT2D eigenvalue weighted by Gasteiger charge is -2.07.